The molecule has 2 aliphatic rings. The molecule has 8 nitrogen and oxygen atoms in total. The van der Waals surface area contributed by atoms with E-state index in [9.17, 15) is 9.59 Å². The maximum atomic E-state index is 13.5. The van der Waals surface area contributed by atoms with E-state index in [1.165, 1.54) is 11.8 Å². The lowest BCUT2D eigenvalue weighted by Crippen LogP contribution is -2.42. The number of carbonyl (C=O) groups is 2. The summed E-state index contributed by atoms with van der Waals surface area (Å²) in [6.07, 6.45) is 3.99. The molecule has 2 amide bonds. The molecule has 0 unspecified atom stereocenters. The Kier molecular flexibility index (Phi) is 5.46. The Morgan fingerprint density at radius 1 is 1.11 bits per heavy atom. The number of thioether (sulfide) groups is 1. The maximum Gasteiger partial charge on any atom is 0.259 e. The van der Waals surface area contributed by atoms with Gasteiger partial charge in [-0.05, 0) is 35.9 Å². The molecule has 1 atom stereocenters. The molecule has 2 aliphatic heterocycles. The third kappa shape index (κ3) is 4.04. The molecule has 0 spiro atoms. The van der Waals surface area contributed by atoms with Gasteiger partial charge in [0.15, 0.2) is 5.17 Å². The van der Waals surface area contributed by atoms with E-state index in [0.29, 0.717) is 29.7 Å². The number of aliphatic imine (C=N–C) groups is 2. The summed E-state index contributed by atoms with van der Waals surface area (Å²) in [7, 11) is 0. The molecule has 35 heavy (non-hydrogen) atoms. The van der Waals surface area contributed by atoms with Gasteiger partial charge in [-0.3, -0.25) is 14.6 Å². The predicted octanol–water partition coefficient (Wildman–Crippen LogP) is 4.01. The van der Waals surface area contributed by atoms with Crippen LogP contribution in [0.25, 0.3) is 10.9 Å². The van der Waals surface area contributed by atoms with Crippen LogP contribution in [0.15, 0.2) is 87.5 Å². The van der Waals surface area contributed by atoms with E-state index < -0.39 is 6.04 Å². The molecule has 0 saturated heterocycles. The second kappa shape index (κ2) is 8.92. The first-order valence-corrected chi connectivity index (χ1v) is 12.2. The Hall–Kier alpha value is -4.11. The highest BCUT2D eigenvalue weighted by atomic mass is 32.2. The minimum Gasteiger partial charge on any atom is -0.467 e. The fourth-order valence-corrected chi connectivity index (χ4v) is 5.15. The first-order chi connectivity index (χ1) is 17.2. The third-order valence-corrected chi connectivity index (χ3v) is 6.95. The van der Waals surface area contributed by atoms with Gasteiger partial charge in [0.05, 0.1) is 24.2 Å². The van der Waals surface area contributed by atoms with Crippen molar-refractivity contribution in [1.82, 2.24) is 15.2 Å². The van der Waals surface area contributed by atoms with Gasteiger partial charge < -0.3 is 14.7 Å². The summed E-state index contributed by atoms with van der Waals surface area (Å²) < 4.78 is 5.25. The highest BCUT2D eigenvalue weighted by Gasteiger charge is 2.41. The topological polar surface area (TPSA) is 103 Å². The van der Waals surface area contributed by atoms with Crippen molar-refractivity contribution in [3.8, 4) is 0 Å². The summed E-state index contributed by atoms with van der Waals surface area (Å²) in [5.41, 5.74) is 3.62. The van der Waals surface area contributed by atoms with E-state index in [-0.39, 0.29) is 17.6 Å². The summed E-state index contributed by atoms with van der Waals surface area (Å²) in [5, 5.41) is 4.37. The largest absolute Gasteiger partial charge is 0.467 e. The second-order valence-corrected chi connectivity index (χ2v) is 9.20. The second-order valence-electron chi connectivity index (χ2n) is 8.26. The number of H-pyrrole nitrogens is 1. The number of aromatic nitrogens is 1. The Morgan fingerprint density at radius 3 is 2.86 bits per heavy atom. The average Bonchev–Trinajstić information content (AvgIpc) is 3.62. The molecule has 6 rings (SSSR count). The number of fused-ring (bicyclic) bond motifs is 4. The quantitative estimate of drug-likeness (QED) is 0.432. The van der Waals surface area contributed by atoms with Gasteiger partial charge in [0, 0.05) is 29.1 Å². The molecule has 0 bridgehead atoms. The minimum atomic E-state index is -0.561. The number of benzene rings is 2. The van der Waals surface area contributed by atoms with E-state index >= 15 is 0 Å². The summed E-state index contributed by atoms with van der Waals surface area (Å²) in [6.45, 7) is 0.309. The number of carbonyl (C=O) groups excluding carboxylic acids is 2. The Balaban J connectivity index is 1.23. The standard InChI is InChI=1S/C26H21N5O3S/c32-23(28-14-17-6-5-11-34-17)15-35-26-30-21-10-4-2-8-19(21)24-29-22(25(33)31(24)26)12-16-13-27-20-9-3-1-7-18(16)20/h1-11,13,22,27H,12,14-15H2,(H,28,32)/t22-/m0/s1. The van der Waals surface area contributed by atoms with Crippen LogP contribution >= 0.6 is 11.8 Å². The Morgan fingerprint density at radius 2 is 1.97 bits per heavy atom. The van der Waals surface area contributed by atoms with Crippen LogP contribution in [0.2, 0.25) is 0 Å². The zero-order valence-electron chi connectivity index (χ0n) is 18.6. The van der Waals surface area contributed by atoms with E-state index in [1.807, 2.05) is 54.7 Å². The van der Waals surface area contributed by atoms with Crippen LogP contribution in [0.3, 0.4) is 0 Å². The lowest BCUT2D eigenvalue weighted by molar-refractivity contribution is -0.124. The highest BCUT2D eigenvalue weighted by Crippen LogP contribution is 2.34. The number of nitrogens with one attached hydrogen (secondary N) is 2. The maximum absolute atomic E-state index is 13.5. The van der Waals surface area contributed by atoms with Crippen LogP contribution in [0, 0.1) is 0 Å². The van der Waals surface area contributed by atoms with Crippen LogP contribution in [-0.4, -0.2) is 44.5 Å². The van der Waals surface area contributed by atoms with Gasteiger partial charge in [-0.2, -0.15) is 0 Å². The van der Waals surface area contributed by atoms with Gasteiger partial charge in [-0.15, -0.1) is 0 Å². The van der Waals surface area contributed by atoms with Crippen molar-refractivity contribution in [2.45, 2.75) is 19.0 Å². The number of nitrogens with zero attached hydrogens (tertiary/aromatic N) is 3. The van der Waals surface area contributed by atoms with Crippen molar-refractivity contribution in [1.29, 1.82) is 0 Å². The normalized spacial score (nSPS) is 16.6. The number of hydrogen-bond donors (Lipinski definition) is 2. The van der Waals surface area contributed by atoms with Gasteiger partial charge in [-0.25, -0.2) is 9.89 Å². The average molecular weight is 484 g/mol. The lowest BCUT2D eigenvalue weighted by atomic mass is 10.1. The SMILES string of the molecule is O=C(CSC1=Nc2ccccc2C2=N[C@@H](Cc3c[nH]c4ccccc34)C(=O)N12)NCc1ccco1. The zero-order valence-corrected chi connectivity index (χ0v) is 19.4. The molecule has 0 saturated carbocycles. The van der Waals surface area contributed by atoms with Gasteiger partial charge in [0.2, 0.25) is 5.91 Å². The van der Waals surface area contributed by atoms with E-state index in [2.05, 4.69) is 10.3 Å². The van der Waals surface area contributed by atoms with Gasteiger partial charge in [-0.1, -0.05) is 42.1 Å². The van der Waals surface area contributed by atoms with Gasteiger partial charge >= 0.3 is 0 Å². The van der Waals surface area contributed by atoms with Crippen molar-refractivity contribution in [2.24, 2.45) is 9.98 Å². The first-order valence-electron chi connectivity index (χ1n) is 11.2. The molecule has 0 fully saturated rings. The highest BCUT2D eigenvalue weighted by molar-refractivity contribution is 8.14. The van der Waals surface area contributed by atoms with E-state index in [1.54, 1.807) is 23.3 Å². The Bertz CT molecular complexity index is 1490. The lowest BCUT2D eigenvalue weighted by Gasteiger charge is -2.25. The molecule has 2 aromatic carbocycles. The minimum absolute atomic E-state index is 0.117. The molecule has 2 aromatic heterocycles. The number of para-hydroxylation sites is 2. The number of amidine groups is 2. The fraction of sp³-hybridized carbons (Fsp3) is 0.154. The van der Waals surface area contributed by atoms with Crippen molar-refractivity contribution in [3.63, 3.8) is 0 Å². The third-order valence-electron chi connectivity index (χ3n) is 6.01. The number of furan rings is 1. The number of amides is 2. The summed E-state index contributed by atoms with van der Waals surface area (Å²) in [4.78, 5) is 40.3. The van der Waals surface area contributed by atoms with Crippen LogP contribution in [-0.2, 0) is 22.6 Å². The molecule has 0 radical (unpaired) electrons. The van der Waals surface area contributed by atoms with Crippen LogP contribution < -0.4 is 5.32 Å². The molecule has 2 N–H and O–H groups in total. The predicted molar refractivity (Wildman–Crippen MR) is 136 cm³/mol. The van der Waals surface area contributed by atoms with E-state index in [0.717, 1.165) is 27.7 Å². The molecule has 4 heterocycles. The van der Waals surface area contributed by atoms with Gasteiger partial charge in [0.25, 0.3) is 5.91 Å². The molecular formula is C26H21N5O3S. The summed E-state index contributed by atoms with van der Waals surface area (Å²) in [6, 6.07) is 18.7. The molecule has 174 valence electrons. The molecule has 0 aliphatic carbocycles. The summed E-state index contributed by atoms with van der Waals surface area (Å²) >= 11 is 1.22. The van der Waals surface area contributed by atoms with Crippen molar-refractivity contribution < 1.29 is 14.0 Å². The molecule has 4 aromatic rings. The fourth-order valence-electron chi connectivity index (χ4n) is 4.32. The first kappa shape index (κ1) is 21.4. The van der Waals surface area contributed by atoms with Crippen molar-refractivity contribution >= 4 is 51.2 Å². The van der Waals surface area contributed by atoms with Crippen molar-refractivity contribution in [2.75, 3.05) is 5.75 Å². The number of hydrogen-bond acceptors (Lipinski definition) is 6. The molecule has 9 heteroatoms. The molecular weight excluding hydrogens is 462 g/mol. The smallest absolute Gasteiger partial charge is 0.259 e. The van der Waals surface area contributed by atoms with Crippen LogP contribution in [0.4, 0.5) is 5.69 Å². The van der Waals surface area contributed by atoms with Gasteiger partial charge in [0.1, 0.15) is 17.6 Å². The number of aromatic amines is 1. The number of rotatable bonds is 6. The van der Waals surface area contributed by atoms with Crippen LogP contribution in [0.1, 0.15) is 16.9 Å². The Labute approximate surface area is 205 Å². The van der Waals surface area contributed by atoms with Crippen molar-refractivity contribution in [3.05, 3.63) is 90.0 Å². The summed E-state index contributed by atoms with van der Waals surface area (Å²) in [5.74, 6) is 1.07. The monoisotopic (exact) mass is 483 g/mol. The zero-order chi connectivity index (χ0) is 23.8. The van der Waals surface area contributed by atoms with E-state index in [4.69, 9.17) is 14.4 Å². The van der Waals surface area contributed by atoms with Crippen LogP contribution in [0.5, 0.6) is 0 Å².